The number of aromatic nitrogens is 2. The molecule has 0 aliphatic rings. The molecule has 0 bridgehead atoms. The topological polar surface area (TPSA) is 100 Å². The maximum atomic E-state index is 5.40. The Morgan fingerprint density at radius 1 is 1.53 bits per heavy atom. The van der Waals surface area contributed by atoms with Gasteiger partial charge in [0.25, 0.3) is 0 Å². The van der Waals surface area contributed by atoms with Gasteiger partial charge in [0.15, 0.2) is 0 Å². The second-order valence-corrected chi connectivity index (χ2v) is 3.99. The molecule has 0 amide bonds. The van der Waals surface area contributed by atoms with Crippen molar-refractivity contribution in [1.29, 1.82) is 0 Å². The molecule has 0 saturated carbocycles. The minimum Gasteiger partial charge on any atom is -0.382 e. The monoisotopic (exact) mass is 268 g/mol. The zero-order valence-electron chi connectivity index (χ0n) is 11.5. The third-order valence-corrected chi connectivity index (χ3v) is 2.50. The number of aliphatic imine (C=N–C) groups is 1. The van der Waals surface area contributed by atoms with Crippen LogP contribution in [-0.2, 0) is 11.2 Å². The quantitative estimate of drug-likeness (QED) is 0.168. The van der Waals surface area contributed by atoms with Crippen molar-refractivity contribution in [3.8, 4) is 0 Å². The molecule has 7 heteroatoms. The highest BCUT2D eigenvalue weighted by Crippen LogP contribution is 1.94. The van der Waals surface area contributed by atoms with Gasteiger partial charge in [0, 0.05) is 45.1 Å². The average Bonchev–Trinajstić information content (AvgIpc) is 2.94. The summed E-state index contributed by atoms with van der Waals surface area (Å²) < 4.78 is 5.25. The van der Waals surface area contributed by atoms with Crippen molar-refractivity contribution in [3.63, 3.8) is 0 Å². The van der Waals surface area contributed by atoms with E-state index in [4.69, 9.17) is 10.6 Å². The molecule has 1 aromatic heterocycles. The summed E-state index contributed by atoms with van der Waals surface area (Å²) in [6.45, 7) is 4.99. The van der Waals surface area contributed by atoms with Crippen molar-refractivity contribution in [1.82, 2.24) is 20.7 Å². The summed E-state index contributed by atoms with van der Waals surface area (Å²) in [5.41, 5.74) is 2.56. The van der Waals surface area contributed by atoms with Gasteiger partial charge in [-0.3, -0.25) is 10.4 Å². The third-order valence-electron chi connectivity index (χ3n) is 2.50. The van der Waals surface area contributed by atoms with E-state index < -0.39 is 0 Å². The average molecular weight is 268 g/mol. The highest BCUT2D eigenvalue weighted by molar-refractivity contribution is 5.79. The standard InChI is InChI=1S/C12H24N6O/c1-2-19-10-4-7-17-12(18-13)16-6-3-5-11-14-8-9-15-11/h8-9H,2-7,10,13H2,1H3,(H,14,15)(H2,16,17,18). The summed E-state index contributed by atoms with van der Waals surface area (Å²) in [5.74, 6) is 7.01. The van der Waals surface area contributed by atoms with E-state index in [0.717, 1.165) is 44.8 Å². The number of hydrogen-bond donors (Lipinski definition) is 4. The number of guanidine groups is 1. The first kappa shape index (κ1) is 15.5. The molecule has 7 nitrogen and oxygen atoms in total. The third kappa shape index (κ3) is 7.43. The van der Waals surface area contributed by atoms with Gasteiger partial charge in [-0.15, -0.1) is 0 Å². The number of aryl methyl sites for hydroxylation is 1. The number of nitrogens with zero attached hydrogens (tertiary/aromatic N) is 2. The first-order valence-electron chi connectivity index (χ1n) is 6.67. The molecule has 0 aliphatic carbocycles. The second kappa shape index (κ2) is 10.3. The van der Waals surface area contributed by atoms with Crippen LogP contribution in [-0.4, -0.2) is 42.2 Å². The van der Waals surface area contributed by atoms with Crippen molar-refractivity contribution < 1.29 is 4.74 Å². The normalized spacial score (nSPS) is 11.6. The molecule has 0 saturated heterocycles. The molecule has 0 fully saturated rings. The lowest BCUT2D eigenvalue weighted by Crippen LogP contribution is -2.42. The Kier molecular flexibility index (Phi) is 8.41. The van der Waals surface area contributed by atoms with Crippen molar-refractivity contribution in [2.75, 3.05) is 26.3 Å². The Morgan fingerprint density at radius 3 is 3.11 bits per heavy atom. The van der Waals surface area contributed by atoms with Crippen LogP contribution in [0.4, 0.5) is 0 Å². The van der Waals surface area contributed by atoms with Crippen LogP contribution in [0.15, 0.2) is 17.4 Å². The van der Waals surface area contributed by atoms with E-state index in [2.05, 4.69) is 25.7 Å². The molecule has 1 rings (SSSR count). The number of nitrogens with one attached hydrogen (secondary N) is 3. The van der Waals surface area contributed by atoms with Crippen LogP contribution in [0.3, 0.4) is 0 Å². The lowest BCUT2D eigenvalue weighted by molar-refractivity contribution is 0.145. The number of rotatable bonds is 9. The van der Waals surface area contributed by atoms with Crippen molar-refractivity contribution >= 4 is 5.96 Å². The van der Waals surface area contributed by atoms with Crippen molar-refractivity contribution in [2.24, 2.45) is 10.8 Å². The molecule has 0 radical (unpaired) electrons. The number of nitrogens with two attached hydrogens (primary N) is 1. The van der Waals surface area contributed by atoms with Crippen LogP contribution in [0.5, 0.6) is 0 Å². The van der Waals surface area contributed by atoms with E-state index in [1.54, 1.807) is 6.20 Å². The van der Waals surface area contributed by atoms with E-state index in [9.17, 15) is 0 Å². The fraction of sp³-hybridized carbons (Fsp3) is 0.667. The summed E-state index contributed by atoms with van der Waals surface area (Å²) in [6, 6.07) is 0. The maximum absolute atomic E-state index is 5.40. The molecule has 0 aliphatic heterocycles. The fourth-order valence-corrected chi connectivity index (χ4v) is 1.55. The van der Waals surface area contributed by atoms with Crippen LogP contribution >= 0.6 is 0 Å². The molecule has 19 heavy (non-hydrogen) atoms. The van der Waals surface area contributed by atoms with E-state index in [0.29, 0.717) is 12.5 Å². The van der Waals surface area contributed by atoms with E-state index >= 15 is 0 Å². The van der Waals surface area contributed by atoms with Crippen molar-refractivity contribution in [3.05, 3.63) is 18.2 Å². The number of imidazole rings is 1. The number of hydrazine groups is 1. The molecule has 0 spiro atoms. The predicted molar refractivity (Wildman–Crippen MR) is 75.6 cm³/mol. The van der Waals surface area contributed by atoms with Gasteiger partial charge in [-0.1, -0.05) is 0 Å². The molecular weight excluding hydrogens is 244 g/mol. The first-order chi connectivity index (χ1) is 9.36. The van der Waals surface area contributed by atoms with Gasteiger partial charge in [0.2, 0.25) is 5.96 Å². The molecule has 0 atom stereocenters. The molecule has 0 aromatic carbocycles. The van der Waals surface area contributed by atoms with Gasteiger partial charge in [-0.25, -0.2) is 10.8 Å². The first-order valence-corrected chi connectivity index (χ1v) is 6.67. The molecular formula is C12H24N6O. The lowest BCUT2D eigenvalue weighted by Gasteiger charge is -2.08. The number of H-pyrrole nitrogens is 1. The Morgan fingerprint density at radius 2 is 2.42 bits per heavy atom. The summed E-state index contributed by atoms with van der Waals surface area (Å²) in [6.07, 6.45) is 6.33. The van der Waals surface area contributed by atoms with Gasteiger partial charge in [0.1, 0.15) is 5.82 Å². The predicted octanol–water partition coefficient (Wildman–Crippen LogP) is 0.178. The van der Waals surface area contributed by atoms with E-state index in [1.165, 1.54) is 0 Å². The zero-order valence-corrected chi connectivity index (χ0v) is 11.5. The summed E-state index contributed by atoms with van der Waals surface area (Å²) in [4.78, 5) is 11.6. The SMILES string of the molecule is CCOCCCNC(=NCCCc1ncc[nH]1)NN. The van der Waals surface area contributed by atoms with Gasteiger partial charge >= 0.3 is 0 Å². The van der Waals surface area contributed by atoms with E-state index in [1.807, 2.05) is 13.1 Å². The zero-order chi connectivity index (χ0) is 13.8. The van der Waals surface area contributed by atoms with Crippen molar-refractivity contribution in [2.45, 2.75) is 26.2 Å². The smallest absolute Gasteiger partial charge is 0.205 e. The molecule has 1 heterocycles. The number of aromatic amines is 1. The molecule has 108 valence electrons. The summed E-state index contributed by atoms with van der Waals surface area (Å²) >= 11 is 0. The Hall–Kier alpha value is -1.60. The van der Waals surface area contributed by atoms with Gasteiger partial charge < -0.3 is 15.0 Å². The molecule has 5 N–H and O–H groups in total. The lowest BCUT2D eigenvalue weighted by atomic mass is 10.3. The molecule has 1 aromatic rings. The largest absolute Gasteiger partial charge is 0.382 e. The van der Waals surface area contributed by atoms with Gasteiger partial charge in [-0.2, -0.15) is 0 Å². The van der Waals surface area contributed by atoms with Crippen LogP contribution in [0.25, 0.3) is 0 Å². The minimum absolute atomic E-state index is 0.621. The molecule has 0 unspecified atom stereocenters. The minimum atomic E-state index is 0.621. The van der Waals surface area contributed by atoms with Gasteiger partial charge in [0.05, 0.1) is 0 Å². The summed E-state index contributed by atoms with van der Waals surface area (Å²) in [5, 5.41) is 3.13. The number of hydrogen-bond acceptors (Lipinski definition) is 4. The van der Waals surface area contributed by atoms with Crippen LogP contribution in [0.1, 0.15) is 25.6 Å². The summed E-state index contributed by atoms with van der Waals surface area (Å²) in [7, 11) is 0. The Balaban J connectivity index is 2.09. The van der Waals surface area contributed by atoms with Crippen LogP contribution in [0.2, 0.25) is 0 Å². The Bertz CT molecular complexity index is 338. The van der Waals surface area contributed by atoms with E-state index in [-0.39, 0.29) is 0 Å². The fourth-order valence-electron chi connectivity index (χ4n) is 1.55. The second-order valence-electron chi connectivity index (χ2n) is 3.99. The van der Waals surface area contributed by atoms with Crippen LogP contribution < -0.4 is 16.6 Å². The highest BCUT2D eigenvalue weighted by atomic mass is 16.5. The maximum Gasteiger partial charge on any atom is 0.205 e. The number of ether oxygens (including phenoxy) is 1. The van der Waals surface area contributed by atoms with Crippen LogP contribution in [0, 0.1) is 0 Å². The van der Waals surface area contributed by atoms with Gasteiger partial charge in [-0.05, 0) is 19.8 Å². The highest BCUT2D eigenvalue weighted by Gasteiger charge is 1.97. The Labute approximate surface area is 114 Å².